The van der Waals surface area contributed by atoms with Crippen molar-refractivity contribution < 1.29 is 23.8 Å². The fourth-order valence-corrected chi connectivity index (χ4v) is 6.11. The van der Waals surface area contributed by atoms with Gasteiger partial charge in [-0.1, -0.05) is 17.7 Å². The Kier molecular flexibility index (Phi) is 6.40. The minimum absolute atomic E-state index is 0.0530. The number of carbonyl (C=O) groups is 2. The number of rotatable bonds is 6. The van der Waals surface area contributed by atoms with Gasteiger partial charge in [0.05, 0.1) is 17.6 Å². The zero-order valence-corrected chi connectivity index (χ0v) is 19.8. The molecule has 3 atom stereocenters. The van der Waals surface area contributed by atoms with Gasteiger partial charge in [-0.15, -0.1) is 11.3 Å². The van der Waals surface area contributed by atoms with Crippen molar-refractivity contribution in [3.63, 3.8) is 0 Å². The maximum absolute atomic E-state index is 12.9. The number of benzene rings is 1. The number of fused-ring (bicyclic) bond motifs is 2. The molecule has 0 bridgehead atoms. The number of nitrogens with one attached hydrogen (secondary N) is 1. The molecule has 34 heavy (non-hydrogen) atoms. The quantitative estimate of drug-likeness (QED) is 0.660. The van der Waals surface area contributed by atoms with Gasteiger partial charge in [-0.05, 0) is 56.7 Å². The van der Waals surface area contributed by atoms with Gasteiger partial charge in [-0.3, -0.25) is 9.59 Å². The maximum Gasteiger partial charge on any atom is 0.251 e. The molecule has 3 unspecified atom stereocenters. The van der Waals surface area contributed by atoms with Crippen LogP contribution in [0.1, 0.15) is 47.3 Å². The van der Waals surface area contributed by atoms with Crippen LogP contribution in [0.25, 0.3) is 0 Å². The van der Waals surface area contributed by atoms with Gasteiger partial charge in [0.25, 0.3) is 5.91 Å². The predicted molar refractivity (Wildman–Crippen MR) is 127 cm³/mol. The first kappa shape index (κ1) is 22.6. The minimum atomic E-state index is -0.287. The summed E-state index contributed by atoms with van der Waals surface area (Å²) in [4.78, 5) is 26.6. The van der Waals surface area contributed by atoms with Crippen molar-refractivity contribution in [1.82, 2.24) is 0 Å². The van der Waals surface area contributed by atoms with Crippen LogP contribution in [0.15, 0.2) is 36.3 Å². The first-order valence-electron chi connectivity index (χ1n) is 11.6. The predicted octanol–water partition coefficient (Wildman–Crippen LogP) is 4.43. The molecular formula is C26H26N2O5S. The maximum atomic E-state index is 12.9. The van der Waals surface area contributed by atoms with Crippen LogP contribution >= 0.6 is 11.3 Å². The van der Waals surface area contributed by atoms with E-state index in [0.29, 0.717) is 35.6 Å². The molecule has 8 heteroatoms. The number of Topliss-reactive ketones (excluding diaryl/α,β-unsaturated/α-hetero) is 1. The highest BCUT2D eigenvalue weighted by Gasteiger charge is 2.41. The average Bonchev–Trinajstić information content (AvgIpc) is 3.41. The molecule has 176 valence electrons. The van der Waals surface area contributed by atoms with Crippen molar-refractivity contribution in [1.29, 1.82) is 5.26 Å². The summed E-state index contributed by atoms with van der Waals surface area (Å²) < 4.78 is 17.4. The monoisotopic (exact) mass is 478 g/mol. The third-order valence-corrected chi connectivity index (χ3v) is 7.87. The number of thiophene rings is 1. The molecule has 0 spiro atoms. The summed E-state index contributed by atoms with van der Waals surface area (Å²) >= 11 is 1.49. The number of ether oxygens (including phenoxy) is 3. The van der Waals surface area contributed by atoms with Crippen LogP contribution in [0.4, 0.5) is 5.00 Å². The summed E-state index contributed by atoms with van der Waals surface area (Å²) in [7, 11) is 0. The summed E-state index contributed by atoms with van der Waals surface area (Å²) in [6.07, 6.45) is 5.69. The van der Waals surface area contributed by atoms with E-state index in [0.717, 1.165) is 30.4 Å². The Hall–Kier alpha value is -3.15. The highest BCUT2D eigenvalue weighted by atomic mass is 32.1. The number of carbonyl (C=O) groups excluding carboxylic acids is 2. The topological polar surface area (TPSA) is 97.7 Å². The number of anilines is 1. The van der Waals surface area contributed by atoms with Crippen molar-refractivity contribution >= 4 is 28.0 Å². The summed E-state index contributed by atoms with van der Waals surface area (Å²) in [5.74, 6) is 0.229. The van der Waals surface area contributed by atoms with E-state index in [2.05, 4.69) is 11.4 Å². The van der Waals surface area contributed by atoms with Gasteiger partial charge >= 0.3 is 0 Å². The van der Waals surface area contributed by atoms with E-state index in [1.165, 1.54) is 22.5 Å². The Bertz CT molecular complexity index is 1180. The number of amides is 1. The van der Waals surface area contributed by atoms with Gasteiger partial charge in [-0.2, -0.15) is 5.26 Å². The molecule has 2 heterocycles. The molecule has 7 nitrogen and oxygen atoms in total. The van der Waals surface area contributed by atoms with Crippen LogP contribution in [0.5, 0.6) is 5.75 Å². The van der Waals surface area contributed by atoms with Crippen molar-refractivity contribution in [2.75, 3.05) is 11.9 Å². The molecule has 1 fully saturated rings. The average molecular weight is 479 g/mol. The third kappa shape index (κ3) is 4.59. The van der Waals surface area contributed by atoms with E-state index in [1.54, 1.807) is 0 Å². The Morgan fingerprint density at radius 2 is 2.09 bits per heavy atom. The fourth-order valence-electron chi connectivity index (χ4n) is 4.86. The van der Waals surface area contributed by atoms with Crippen LogP contribution in [-0.2, 0) is 31.9 Å². The largest absolute Gasteiger partial charge is 0.493 e. The molecule has 3 aliphatic rings. The fraction of sp³-hybridized carbons (Fsp3) is 0.423. The summed E-state index contributed by atoms with van der Waals surface area (Å²) in [5, 5.41) is 12.9. The van der Waals surface area contributed by atoms with Crippen molar-refractivity contribution in [3.05, 3.63) is 57.9 Å². The Balaban J connectivity index is 1.13. The van der Waals surface area contributed by atoms with Crippen LogP contribution < -0.4 is 10.1 Å². The molecule has 1 aromatic heterocycles. The lowest BCUT2D eigenvalue weighted by Crippen LogP contribution is -2.43. The first-order chi connectivity index (χ1) is 16.5. The lowest BCUT2D eigenvalue weighted by Gasteiger charge is -2.37. The van der Waals surface area contributed by atoms with Gasteiger partial charge in [0.1, 0.15) is 35.8 Å². The second-order valence-electron chi connectivity index (χ2n) is 9.01. The van der Waals surface area contributed by atoms with E-state index in [-0.39, 0.29) is 42.2 Å². The smallest absolute Gasteiger partial charge is 0.251 e. The molecule has 2 aromatic rings. The Morgan fingerprint density at radius 1 is 1.26 bits per heavy atom. The number of hydrogen-bond donors (Lipinski definition) is 1. The van der Waals surface area contributed by atoms with Gasteiger partial charge in [0.2, 0.25) is 11.5 Å². The normalized spacial score (nSPS) is 23.2. The first-order valence-corrected chi connectivity index (χ1v) is 12.4. The lowest BCUT2D eigenvalue weighted by atomic mass is 9.80. The number of allylic oxidation sites excluding steroid dienone is 1. The van der Waals surface area contributed by atoms with Gasteiger partial charge in [0.15, 0.2) is 0 Å². The molecule has 1 aromatic carbocycles. The number of ketones is 1. The van der Waals surface area contributed by atoms with Crippen molar-refractivity contribution in [3.8, 4) is 11.8 Å². The number of aryl methyl sites for hydroxylation is 2. The molecule has 1 N–H and O–H groups in total. The second kappa shape index (κ2) is 9.61. The summed E-state index contributed by atoms with van der Waals surface area (Å²) in [5.41, 5.74) is 2.79. The summed E-state index contributed by atoms with van der Waals surface area (Å²) in [6, 6.07) is 9.75. The highest BCUT2D eigenvalue weighted by molar-refractivity contribution is 7.16. The van der Waals surface area contributed by atoms with Gasteiger partial charge in [-0.25, -0.2) is 0 Å². The van der Waals surface area contributed by atoms with E-state index in [1.807, 2.05) is 31.2 Å². The number of nitrogens with zero attached hydrogens (tertiary/aromatic N) is 1. The Morgan fingerprint density at radius 3 is 2.88 bits per heavy atom. The molecule has 2 aliphatic carbocycles. The number of nitriles is 1. The molecule has 5 rings (SSSR count). The van der Waals surface area contributed by atoms with Crippen molar-refractivity contribution in [2.45, 2.75) is 57.7 Å². The highest BCUT2D eigenvalue weighted by Crippen LogP contribution is 2.39. The van der Waals surface area contributed by atoms with Crippen molar-refractivity contribution in [2.24, 2.45) is 5.92 Å². The number of hydrogen-bond acceptors (Lipinski definition) is 7. The van der Waals surface area contributed by atoms with Crippen LogP contribution in [0.3, 0.4) is 0 Å². The van der Waals surface area contributed by atoms with E-state index in [9.17, 15) is 14.9 Å². The standard InChI is InChI=1S/C26H26N2O5S/c1-15-5-7-16(8-6-15)33-22-13-32-21-11-17(9-10-19(21)25(22)30)31-14-24(29)28-26-20(12-27)18-3-2-4-23(18)34-26/h5-8,13,17,19,21H,2-4,9-11,14H2,1H3,(H,28,29). The minimum Gasteiger partial charge on any atom is -0.493 e. The van der Waals surface area contributed by atoms with Crippen LogP contribution in [0, 0.1) is 24.2 Å². The van der Waals surface area contributed by atoms with E-state index in [4.69, 9.17) is 14.2 Å². The lowest BCUT2D eigenvalue weighted by molar-refractivity contribution is -0.136. The van der Waals surface area contributed by atoms with Crippen LogP contribution in [0.2, 0.25) is 0 Å². The third-order valence-electron chi connectivity index (χ3n) is 6.66. The molecule has 1 saturated carbocycles. The van der Waals surface area contributed by atoms with Crippen LogP contribution in [-0.4, -0.2) is 30.5 Å². The molecule has 0 radical (unpaired) electrons. The van der Waals surface area contributed by atoms with Gasteiger partial charge < -0.3 is 19.5 Å². The molecule has 0 saturated heterocycles. The van der Waals surface area contributed by atoms with E-state index >= 15 is 0 Å². The summed E-state index contributed by atoms with van der Waals surface area (Å²) in [6.45, 7) is 1.89. The molecule has 1 amide bonds. The van der Waals surface area contributed by atoms with E-state index < -0.39 is 0 Å². The van der Waals surface area contributed by atoms with Gasteiger partial charge in [0, 0.05) is 11.3 Å². The second-order valence-corrected chi connectivity index (χ2v) is 10.1. The molecular weight excluding hydrogens is 452 g/mol. The zero-order valence-electron chi connectivity index (χ0n) is 19.0. The zero-order chi connectivity index (χ0) is 23.7. The SMILES string of the molecule is Cc1ccc(OC2=COC3CC(OCC(=O)Nc4sc5c(c4C#N)CCC5)CCC3C2=O)cc1. The molecule has 1 aliphatic heterocycles. The Labute approximate surface area is 202 Å².